The average molecular weight is 321 g/mol. The number of imidazole rings is 1. The van der Waals surface area contributed by atoms with Gasteiger partial charge >= 0.3 is 0 Å². The fraction of sp³-hybridized carbons (Fsp3) is 0.643. The molecule has 2 unspecified atom stereocenters. The lowest BCUT2D eigenvalue weighted by atomic mass is 10.1. The molecule has 23 heavy (non-hydrogen) atoms. The maximum Gasteiger partial charge on any atom is 0.167 e. The van der Waals surface area contributed by atoms with Crippen molar-refractivity contribution in [1.82, 2.24) is 19.5 Å². The van der Waals surface area contributed by atoms with Crippen LogP contribution in [0, 0.1) is 6.92 Å². The molecule has 2 fully saturated rings. The molecule has 0 spiro atoms. The lowest BCUT2D eigenvalue weighted by molar-refractivity contribution is -0.199. The molecule has 9 nitrogen and oxygen atoms in total. The van der Waals surface area contributed by atoms with Crippen molar-refractivity contribution in [1.29, 1.82) is 0 Å². The Morgan fingerprint density at radius 2 is 2.04 bits per heavy atom. The number of nitrogens with zero attached hydrogens (tertiary/aromatic N) is 4. The summed E-state index contributed by atoms with van der Waals surface area (Å²) in [7, 11) is 0. The average Bonchev–Trinajstić information content (AvgIpc) is 3.09. The number of aliphatic hydroxyl groups excluding tert-OH is 1. The summed E-state index contributed by atoms with van der Waals surface area (Å²) in [6, 6.07) is 0. The third kappa shape index (κ3) is 2.19. The Kier molecular flexibility index (Phi) is 3.11. The van der Waals surface area contributed by atoms with Crippen molar-refractivity contribution in [2.75, 3.05) is 12.3 Å². The van der Waals surface area contributed by atoms with E-state index < -0.39 is 18.1 Å². The van der Waals surface area contributed by atoms with Gasteiger partial charge in [0.2, 0.25) is 0 Å². The fourth-order valence-corrected chi connectivity index (χ4v) is 3.27. The topological polar surface area (TPSA) is 118 Å². The molecule has 9 heteroatoms. The molecular formula is C14H19N5O4. The molecule has 0 aliphatic carbocycles. The number of nitrogen functional groups attached to an aromatic ring is 1. The predicted octanol–water partition coefficient (Wildman–Crippen LogP) is 0.127. The van der Waals surface area contributed by atoms with E-state index in [4.69, 9.17) is 19.9 Å². The molecule has 124 valence electrons. The molecule has 2 aromatic rings. The van der Waals surface area contributed by atoms with E-state index in [9.17, 15) is 5.11 Å². The summed E-state index contributed by atoms with van der Waals surface area (Å²) in [5, 5.41) is 9.57. The van der Waals surface area contributed by atoms with E-state index in [0.717, 1.165) is 0 Å². The highest BCUT2D eigenvalue weighted by Gasteiger charge is 2.55. The van der Waals surface area contributed by atoms with E-state index in [1.54, 1.807) is 17.8 Å². The monoisotopic (exact) mass is 321 g/mol. The van der Waals surface area contributed by atoms with Gasteiger partial charge in [0.15, 0.2) is 23.5 Å². The first-order chi connectivity index (χ1) is 10.9. The maximum absolute atomic E-state index is 9.57. The van der Waals surface area contributed by atoms with Gasteiger partial charge in [0, 0.05) is 0 Å². The number of fused-ring (bicyclic) bond motifs is 2. The Balaban J connectivity index is 1.79. The lowest BCUT2D eigenvalue weighted by Gasteiger charge is -2.24. The zero-order valence-corrected chi connectivity index (χ0v) is 13.1. The third-order valence-corrected chi connectivity index (χ3v) is 4.14. The van der Waals surface area contributed by atoms with Gasteiger partial charge in [-0.3, -0.25) is 4.57 Å². The summed E-state index contributed by atoms with van der Waals surface area (Å²) in [6.45, 7) is 5.29. The number of hydrogen-bond acceptors (Lipinski definition) is 8. The summed E-state index contributed by atoms with van der Waals surface area (Å²) in [5.41, 5.74) is 7.00. The number of rotatable bonds is 2. The Morgan fingerprint density at radius 1 is 1.30 bits per heavy atom. The number of ether oxygens (including phenoxy) is 3. The first-order valence-electron chi connectivity index (χ1n) is 7.48. The van der Waals surface area contributed by atoms with Crippen LogP contribution in [0.5, 0.6) is 0 Å². The Hall–Kier alpha value is -1.81. The molecule has 3 N–H and O–H groups in total. The van der Waals surface area contributed by atoms with Gasteiger partial charge in [0.1, 0.15) is 29.7 Å². The van der Waals surface area contributed by atoms with Crippen molar-refractivity contribution in [3.05, 3.63) is 12.2 Å². The highest BCUT2D eigenvalue weighted by Crippen LogP contribution is 2.43. The first kappa shape index (κ1) is 14.8. The second kappa shape index (κ2) is 4.84. The predicted molar refractivity (Wildman–Crippen MR) is 79.3 cm³/mol. The van der Waals surface area contributed by atoms with Gasteiger partial charge in [-0.2, -0.15) is 0 Å². The minimum absolute atomic E-state index is 0.153. The van der Waals surface area contributed by atoms with Gasteiger partial charge in [0.05, 0.1) is 12.9 Å². The Morgan fingerprint density at radius 3 is 2.78 bits per heavy atom. The first-order valence-corrected chi connectivity index (χ1v) is 7.48. The van der Waals surface area contributed by atoms with Crippen LogP contribution in [-0.2, 0) is 14.2 Å². The Labute approximate surface area is 132 Å². The minimum atomic E-state index is -0.731. The smallest absolute Gasteiger partial charge is 0.167 e. The summed E-state index contributed by atoms with van der Waals surface area (Å²) < 4.78 is 19.5. The van der Waals surface area contributed by atoms with Gasteiger partial charge in [0.25, 0.3) is 0 Å². The van der Waals surface area contributed by atoms with Crippen LogP contribution < -0.4 is 5.73 Å². The zero-order chi connectivity index (χ0) is 16.4. The number of hydrogen-bond donors (Lipinski definition) is 2. The zero-order valence-electron chi connectivity index (χ0n) is 13.1. The number of anilines is 1. The molecule has 4 rings (SSSR count). The molecule has 0 bridgehead atoms. The van der Waals surface area contributed by atoms with Crippen molar-refractivity contribution in [3.63, 3.8) is 0 Å². The van der Waals surface area contributed by atoms with E-state index in [0.29, 0.717) is 22.8 Å². The third-order valence-electron chi connectivity index (χ3n) is 4.14. The fourth-order valence-electron chi connectivity index (χ4n) is 3.27. The van der Waals surface area contributed by atoms with Gasteiger partial charge in [-0.05, 0) is 20.8 Å². The molecule has 0 amide bonds. The molecule has 2 saturated heterocycles. The van der Waals surface area contributed by atoms with Crippen molar-refractivity contribution in [2.24, 2.45) is 0 Å². The lowest BCUT2D eigenvalue weighted by Crippen LogP contribution is -2.31. The van der Waals surface area contributed by atoms with Gasteiger partial charge in [-0.1, -0.05) is 0 Å². The highest BCUT2D eigenvalue weighted by atomic mass is 16.8. The van der Waals surface area contributed by atoms with Crippen molar-refractivity contribution < 1.29 is 19.3 Å². The van der Waals surface area contributed by atoms with Gasteiger partial charge in [-0.25, -0.2) is 15.0 Å². The maximum atomic E-state index is 9.57. The molecule has 0 aromatic carbocycles. The Bertz CT molecular complexity index is 761. The van der Waals surface area contributed by atoms with E-state index in [1.165, 1.54) is 0 Å². The van der Waals surface area contributed by atoms with Crippen molar-refractivity contribution in [3.8, 4) is 0 Å². The summed E-state index contributed by atoms with van der Waals surface area (Å²) >= 11 is 0. The van der Waals surface area contributed by atoms with Crippen LogP contribution in [0.15, 0.2) is 6.33 Å². The quantitative estimate of drug-likeness (QED) is 0.801. The molecule has 4 heterocycles. The van der Waals surface area contributed by atoms with E-state index >= 15 is 0 Å². The van der Waals surface area contributed by atoms with Crippen LogP contribution in [0.2, 0.25) is 0 Å². The normalized spacial score (nSPS) is 32.5. The van der Waals surface area contributed by atoms with Crippen LogP contribution in [0.1, 0.15) is 25.9 Å². The van der Waals surface area contributed by atoms with Crippen molar-refractivity contribution >= 4 is 17.0 Å². The van der Waals surface area contributed by atoms with Crippen LogP contribution in [0.25, 0.3) is 11.2 Å². The van der Waals surface area contributed by atoms with Crippen LogP contribution in [0.4, 0.5) is 5.82 Å². The summed E-state index contributed by atoms with van der Waals surface area (Å²) in [5.74, 6) is 0.141. The van der Waals surface area contributed by atoms with Crippen LogP contribution >= 0.6 is 0 Å². The van der Waals surface area contributed by atoms with Crippen LogP contribution in [0.3, 0.4) is 0 Å². The van der Waals surface area contributed by atoms with Gasteiger partial charge < -0.3 is 25.1 Å². The number of aryl methyl sites for hydroxylation is 1. The van der Waals surface area contributed by atoms with E-state index in [2.05, 4.69) is 15.0 Å². The number of aliphatic hydroxyl groups is 1. The second-order valence-electron chi connectivity index (χ2n) is 6.29. The molecule has 4 atom stereocenters. The molecule has 2 aliphatic rings. The summed E-state index contributed by atoms with van der Waals surface area (Å²) in [4.78, 5) is 12.8. The number of aromatic nitrogens is 4. The SMILES string of the molecule is Cc1nc(N)c2ncn(C3OC(CO)[C@H]4OC(C)(C)O[C@@H]34)c2n1. The number of nitrogens with two attached hydrogens (primary N) is 1. The second-order valence-corrected chi connectivity index (χ2v) is 6.29. The standard InChI is InChI=1S/C14H19N5O4/c1-6-17-11(15)8-12(18-6)19(5-16-8)13-10-9(7(4-20)21-13)22-14(2,3)23-10/h5,7,9-10,13,20H,4H2,1-3H3,(H2,15,17,18)/t7?,9-,10-,13?/m1/s1. The molecule has 0 saturated carbocycles. The molecule has 2 aliphatic heterocycles. The molecule has 0 radical (unpaired) electrons. The van der Waals surface area contributed by atoms with E-state index in [-0.39, 0.29) is 18.8 Å². The van der Waals surface area contributed by atoms with Gasteiger partial charge in [-0.15, -0.1) is 0 Å². The molecular weight excluding hydrogens is 302 g/mol. The van der Waals surface area contributed by atoms with Crippen LogP contribution in [-0.4, -0.2) is 55.3 Å². The summed E-state index contributed by atoms with van der Waals surface area (Å²) in [6.07, 6.45) is -0.0819. The van der Waals surface area contributed by atoms with Crippen molar-refractivity contribution in [2.45, 2.75) is 51.1 Å². The molecule has 2 aromatic heterocycles. The minimum Gasteiger partial charge on any atom is -0.394 e. The van der Waals surface area contributed by atoms with E-state index in [1.807, 2.05) is 13.8 Å². The largest absolute Gasteiger partial charge is 0.394 e. The highest BCUT2D eigenvalue weighted by molar-refractivity contribution is 5.81.